The lowest BCUT2D eigenvalue weighted by Crippen LogP contribution is -2.37. The van der Waals surface area contributed by atoms with Gasteiger partial charge in [-0.15, -0.1) is 0 Å². The first-order chi connectivity index (χ1) is 11.9. The van der Waals surface area contributed by atoms with Crippen LogP contribution in [0.3, 0.4) is 0 Å². The van der Waals surface area contributed by atoms with Crippen molar-refractivity contribution in [3.05, 3.63) is 59.6 Å². The SMILES string of the molecule is CC(=O)Nc1ccc(NC(=O)[C@H](C)OC(=O)c2cccc[n+]2[O-])cc1. The Hall–Kier alpha value is -3.42. The maximum absolute atomic E-state index is 12.1. The fourth-order valence-electron chi connectivity index (χ4n) is 1.94. The second kappa shape index (κ2) is 7.91. The van der Waals surface area contributed by atoms with E-state index < -0.39 is 18.0 Å². The van der Waals surface area contributed by atoms with Crippen molar-refractivity contribution in [2.45, 2.75) is 20.0 Å². The van der Waals surface area contributed by atoms with Crippen LogP contribution in [-0.2, 0) is 14.3 Å². The molecule has 1 atom stereocenters. The molecule has 8 nitrogen and oxygen atoms in total. The number of carbonyl (C=O) groups is 3. The maximum atomic E-state index is 12.1. The standard InChI is InChI=1S/C17H17N3O5/c1-11(25-17(23)15-5-3-4-10-20(15)24)16(22)19-14-8-6-13(7-9-14)18-12(2)21/h3-11H,1-2H3,(H,18,21)(H,19,22)/t11-/m0/s1. The van der Waals surface area contributed by atoms with E-state index in [1.807, 2.05) is 0 Å². The lowest BCUT2D eigenvalue weighted by Gasteiger charge is -2.13. The first-order valence-electron chi connectivity index (χ1n) is 7.44. The highest BCUT2D eigenvalue weighted by Gasteiger charge is 2.23. The number of aromatic nitrogens is 1. The number of benzene rings is 1. The Morgan fingerprint density at radius 2 is 1.64 bits per heavy atom. The Kier molecular flexibility index (Phi) is 5.67. The van der Waals surface area contributed by atoms with Gasteiger partial charge < -0.3 is 20.6 Å². The molecule has 0 saturated heterocycles. The summed E-state index contributed by atoms with van der Waals surface area (Å²) in [6.07, 6.45) is 0.0700. The molecule has 8 heteroatoms. The second-order valence-corrected chi connectivity index (χ2v) is 5.21. The molecule has 0 radical (unpaired) electrons. The van der Waals surface area contributed by atoms with Gasteiger partial charge in [0.2, 0.25) is 5.91 Å². The average Bonchev–Trinajstić information content (AvgIpc) is 2.56. The van der Waals surface area contributed by atoms with Crippen molar-refractivity contribution in [1.82, 2.24) is 0 Å². The molecule has 0 aliphatic heterocycles. The molecule has 130 valence electrons. The van der Waals surface area contributed by atoms with E-state index in [-0.39, 0.29) is 11.6 Å². The van der Waals surface area contributed by atoms with E-state index in [9.17, 15) is 19.6 Å². The summed E-state index contributed by atoms with van der Waals surface area (Å²) in [6, 6.07) is 10.7. The summed E-state index contributed by atoms with van der Waals surface area (Å²) >= 11 is 0. The Morgan fingerprint density at radius 1 is 1.04 bits per heavy atom. The molecule has 1 aromatic heterocycles. The number of nitrogens with zero attached hydrogens (tertiary/aromatic N) is 1. The molecule has 2 amide bonds. The zero-order valence-electron chi connectivity index (χ0n) is 13.7. The van der Waals surface area contributed by atoms with Gasteiger partial charge in [-0.25, -0.2) is 4.79 Å². The summed E-state index contributed by atoms with van der Waals surface area (Å²) in [4.78, 5) is 35.0. The number of rotatable bonds is 5. The first kappa shape index (κ1) is 17.9. The van der Waals surface area contributed by atoms with Crippen LogP contribution in [0, 0.1) is 5.21 Å². The van der Waals surface area contributed by atoms with Gasteiger partial charge in [-0.3, -0.25) is 9.59 Å². The van der Waals surface area contributed by atoms with Gasteiger partial charge in [0, 0.05) is 30.4 Å². The predicted octanol–water partition coefficient (Wildman–Crippen LogP) is 1.46. The van der Waals surface area contributed by atoms with Crippen LogP contribution < -0.4 is 15.4 Å². The van der Waals surface area contributed by atoms with Crippen molar-refractivity contribution in [1.29, 1.82) is 0 Å². The average molecular weight is 343 g/mol. The molecule has 2 aromatic rings. The number of ether oxygens (including phenoxy) is 1. The summed E-state index contributed by atoms with van der Waals surface area (Å²) in [6.45, 7) is 2.79. The largest absolute Gasteiger partial charge is 0.618 e. The lowest BCUT2D eigenvalue weighted by molar-refractivity contribution is -0.608. The number of nitrogens with one attached hydrogen (secondary N) is 2. The topological polar surface area (TPSA) is 111 Å². The van der Waals surface area contributed by atoms with Crippen LogP contribution in [0.4, 0.5) is 11.4 Å². The number of hydrogen-bond acceptors (Lipinski definition) is 5. The predicted molar refractivity (Wildman–Crippen MR) is 89.7 cm³/mol. The molecule has 25 heavy (non-hydrogen) atoms. The second-order valence-electron chi connectivity index (χ2n) is 5.21. The Morgan fingerprint density at radius 3 is 2.20 bits per heavy atom. The smallest absolute Gasteiger partial charge is 0.405 e. The Bertz CT molecular complexity index is 789. The van der Waals surface area contributed by atoms with E-state index in [2.05, 4.69) is 10.6 Å². The molecule has 0 fully saturated rings. The molecule has 2 rings (SSSR count). The fourth-order valence-corrected chi connectivity index (χ4v) is 1.94. The highest BCUT2D eigenvalue weighted by molar-refractivity contribution is 5.97. The number of anilines is 2. The zero-order chi connectivity index (χ0) is 18.4. The van der Waals surface area contributed by atoms with Crippen molar-refractivity contribution in [2.24, 2.45) is 0 Å². The van der Waals surface area contributed by atoms with E-state index in [1.54, 1.807) is 24.3 Å². The summed E-state index contributed by atoms with van der Waals surface area (Å²) in [5.74, 6) is -1.64. The van der Waals surface area contributed by atoms with Crippen molar-refractivity contribution in [2.75, 3.05) is 10.6 Å². The number of carbonyl (C=O) groups excluding carboxylic acids is 3. The van der Waals surface area contributed by atoms with Gasteiger partial charge in [0.15, 0.2) is 12.3 Å². The van der Waals surface area contributed by atoms with Crippen molar-refractivity contribution in [3.8, 4) is 0 Å². The van der Waals surface area contributed by atoms with Crippen LogP contribution in [0.2, 0.25) is 0 Å². The van der Waals surface area contributed by atoms with Gasteiger partial charge in [-0.05, 0) is 37.3 Å². The van der Waals surface area contributed by atoms with E-state index in [1.165, 1.54) is 32.0 Å². The van der Waals surface area contributed by atoms with E-state index in [4.69, 9.17) is 4.74 Å². The monoisotopic (exact) mass is 343 g/mol. The van der Waals surface area contributed by atoms with Gasteiger partial charge >= 0.3 is 11.7 Å². The number of hydrogen-bond donors (Lipinski definition) is 2. The Balaban J connectivity index is 1.95. The zero-order valence-corrected chi connectivity index (χ0v) is 13.7. The molecule has 2 N–H and O–H groups in total. The minimum atomic E-state index is -1.09. The number of amides is 2. The van der Waals surface area contributed by atoms with Gasteiger partial charge in [-0.2, -0.15) is 4.73 Å². The molecule has 0 bridgehead atoms. The van der Waals surface area contributed by atoms with Crippen molar-refractivity contribution < 1.29 is 23.9 Å². The Labute approximate surface area is 144 Å². The van der Waals surface area contributed by atoms with Crippen molar-refractivity contribution in [3.63, 3.8) is 0 Å². The van der Waals surface area contributed by atoms with Gasteiger partial charge in [-0.1, -0.05) is 0 Å². The third-order valence-corrected chi connectivity index (χ3v) is 3.16. The van der Waals surface area contributed by atoms with E-state index in [0.717, 1.165) is 6.20 Å². The molecule has 0 saturated carbocycles. The summed E-state index contributed by atoms with van der Waals surface area (Å²) in [7, 11) is 0. The molecule has 0 aliphatic rings. The quantitative estimate of drug-likeness (QED) is 0.485. The van der Waals surface area contributed by atoms with E-state index >= 15 is 0 Å². The molecule has 0 spiro atoms. The van der Waals surface area contributed by atoms with Crippen LogP contribution in [0.25, 0.3) is 0 Å². The lowest BCUT2D eigenvalue weighted by atomic mass is 10.2. The molecule has 0 unspecified atom stereocenters. The highest BCUT2D eigenvalue weighted by atomic mass is 16.6. The summed E-state index contributed by atoms with van der Waals surface area (Å²) in [5.41, 5.74) is 0.858. The third kappa shape index (κ3) is 5.03. The molecular formula is C17H17N3O5. The minimum absolute atomic E-state index is 0.200. The maximum Gasteiger partial charge on any atom is 0.405 e. The van der Waals surface area contributed by atoms with Crippen LogP contribution >= 0.6 is 0 Å². The summed E-state index contributed by atoms with van der Waals surface area (Å²) < 4.78 is 5.37. The first-order valence-corrected chi connectivity index (χ1v) is 7.44. The van der Waals surface area contributed by atoms with Crippen molar-refractivity contribution >= 4 is 29.2 Å². The fraction of sp³-hybridized carbons (Fsp3) is 0.176. The van der Waals surface area contributed by atoms with Gasteiger partial charge in [0.05, 0.1) is 0 Å². The van der Waals surface area contributed by atoms with Gasteiger partial charge in [0.25, 0.3) is 5.91 Å². The molecular weight excluding hydrogens is 326 g/mol. The highest BCUT2D eigenvalue weighted by Crippen LogP contribution is 2.14. The number of pyridine rings is 1. The molecule has 0 aliphatic carbocycles. The third-order valence-electron chi connectivity index (χ3n) is 3.16. The van der Waals surface area contributed by atoms with Crippen LogP contribution in [0.5, 0.6) is 0 Å². The van der Waals surface area contributed by atoms with Crippen LogP contribution in [-0.4, -0.2) is 23.9 Å². The van der Waals surface area contributed by atoms with Gasteiger partial charge in [0.1, 0.15) is 0 Å². The molecule has 1 heterocycles. The van der Waals surface area contributed by atoms with E-state index in [0.29, 0.717) is 16.1 Å². The molecule has 1 aromatic carbocycles. The summed E-state index contributed by atoms with van der Waals surface area (Å²) in [5, 5.41) is 16.7. The minimum Gasteiger partial charge on any atom is -0.618 e. The normalized spacial score (nSPS) is 11.3. The van der Waals surface area contributed by atoms with Crippen LogP contribution in [0.15, 0.2) is 48.7 Å². The number of esters is 1. The van der Waals surface area contributed by atoms with Crippen LogP contribution in [0.1, 0.15) is 24.3 Å².